The summed E-state index contributed by atoms with van der Waals surface area (Å²) in [6, 6.07) is 4.48. The number of halogens is 1. The van der Waals surface area contributed by atoms with E-state index < -0.39 is 4.92 Å². The molecule has 1 aromatic carbocycles. The summed E-state index contributed by atoms with van der Waals surface area (Å²) in [5.74, 6) is -0.492. The number of nitrogens with zero attached hydrogens (tertiary/aromatic N) is 1. The number of ether oxygens (including phenoxy) is 1. The van der Waals surface area contributed by atoms with Crippen molar-refractivity contribution in [2.45, 2.75) is 38.5 Å². The Kier molecular flexibility index (Phi) is 8.25. The second-order valence-corrected chi connectivity index (χ2v) is 5.87. The zero-order valence-corrected chi connectivity index (χ0v) is 14.4. The largest absolute Gasteiger partial charge is 0.469 e. The van der Waals surface area contributed by atoms with Crippen LogP contribution in [0.4, 0.5) is 11.4 Å². The van der Waals surface area contributed by atoms with Gasteiger partial charge < -0.3 is 10.1 Å². The molecule has 1 N–H and O–H groups in total. The first-order valence-corrected chi connectivity index (χ1v) is 8.04. The lowest BCUT2D eigenvalue weighted by molar-refractivity contribution is -0.384. The molecule has 0 aliphatic heterocycles. The van der Waals surface area contributed by atoms with Gasteiger partial charge in [-0.25, -0.2) is 0 Å². The Balaban J connectivity index is 2.35. The highest BCUT2D eigenvalue weighted by molar-refractivity contribution is 9.10. The van der Waals surface area contributed by atoms with Crippen molar-refractivity contribution in [1.82, 2.24) is 0 Å². The molecular weight excluding hydrogens is 368 g/mol. The maximum atomic E-state index is 11.8. The predicted octanol–water partition coefficient (Wildman–Crippen LogP) is 3.81. The van der Waals surface area contributed by atoms with Crippen LogP contribution in [0.3, 0.4) is 0 Å². The molecular formula is C15H19BrN2O5. The van der Waals surface area contributed by atoms with Gasteiger partial charge in [-0.05, 0) is 25.0 Å². The van der Waals surface area contributed by atoms with Gasteiger partial charge in [0, 0.05) is 23.4 Å². The Morgan fingerprint density at radius 1 is 1.22 bits per heavy atom. The molecule has 0 aromatic heterocycles. The maximum absolute atomic E-state index is 11.8. The molecule has 0 aliphatic carbocycles. The number of anilines is 1. The summed E-state index contributed by atoms with van der Waals surface area (Å²) in [6.07, 6.45) is 3.71. The minimum Gasteiger partial charge on any atom is -0.469 e. The second kappa shape index (κ2) is 9.94. The van der Waals surface area contributed by atoms with E-state index in [2.05, 4.69) is 26.0 Å². The molecule has 0 atom stereocenters. The van der Waals surface area contributed by atoms with Gasteiger partial charge in [0.2, 0.25) is 5.91 Å². The van der Waals surface area contributed by atoms with E-state index in [1.807, 2.05) is 0 Å². The Morgan fingerprint density at radius 2 is 1.87 bits per heavy atom. The fourth-order valence-corrected chi connectivity index (χ4v) is 2.33. The van der Waals surface area contributed by atoms with Gasteiger partial charge in [0.1, 0.15) is 5.69 Å². The van der Waals surface area contributed by atoms with E-state index in [-0.39, 0.29) is 29.7 Å². The maximum Gasteiger partial charge on any atom is 0.305 e. The fraction of sp³-hybridized carbons (Fsp3) is 0.467. The number of nitrogens with one attached hydrogen (secondary N) is 1. The molecule has 1 amide bonds. The molecule has 126 valence electrons. The van der Waals surface area contributed by atoms with Crippen molar-refractivity contribution in [2.75, 3.05) is 12.4 Å². The van der Waals surface area contributed by atoms with Crippen molar-refractivity contribution in [1.29, 1.82) is 0 Å². The third kappa shape index (κ3) is 7.23. The quantitative estimate of drug-likeness (QED) is 0.301. The number of esters is 1. The lowest BCUT2D eigenvalue weighted by Crippen LogP contribution is -2.12. The zero-order chi connectivity index (χ0) is 17.2. The highest BCUT2D eigenvalue weighted by atomic mass is 79.9. The molecule has 0 spiro atoms. The Labute approximate surface area is 142 Å². The molecule has 0 unspecified atom stereocenters. The number of hydrogen-bond donors (Lipinski definition) is 1. The van der Waals surface area contributed by atoms with Crippen molar-refractivity contribution < 1.29 is 19.2 Å². The normalized spacial score (nSPS) is 10.2. The van der Waals surface area contributed by atoms with Crippen molar-refractivity contribution in [3.8, 4) is 0 Å². The Morgan fingerprint density at radius 3 is 2.48 bits per heavy atom. The van der Waals surface area contributed by atoms with E-state index in [1.165, 1.54) is 19.2 Å². The lowest BCUT2D eigenvalue weighted by atomic mass is 10.1. The van der Waals surface area contributed by atoms with Crippen LogP contribution in [0.1, 0.15) is 38.5 Å². The first kappa shape index (κ1) is 19.1. The Hall–Kier alpha value is -1.96. The third-order valence-electron chi connectivity index (χ3n) is 3.19. The van der Waals surface area contributed by atoms with Gasteiger partial charge in [0.25, 0.3) is 5.69 Å². The number of unbranched alkanes of at least 4 members (excludes halogenated alkanes) is 3. The van der Waals surface area contributed by atoms with E-state index in [1.54, 1.807) is 6.07 Å². The summed E-state index contributed by atoms with van der Waals surface area (Å²) in [7, 11) is 1.36. The van der Waals surface area contributed by atoms with Crippen LogP contribution in [0.15, 0.2) is 22.7 Å². The average Bonchev–Trinajstić information content (AvgIpc) is 2.51. The SMILES string of the molecule is COC(=O)CCCCCCC(=O)Nc1ccc(Br)cc1[N+](=O)[O-]. The van der Waals surface area contributed by atoms with Crippen LogP contribution in [-0.2, 0) is 14.3 Å². The number of rotatable bonds is 9. The number of hydrogen-bond acceptors (Lipinski definition) is 5. The highest BCUT2D eigenvalue weighted by Crippen LogP contribution is 2.28. The van der Waals surface area contributed by atoms with Gasteiger partial charge in [0.15, 0.2) is 0 Å². The fourth-order valence-electron chi connectivity index (χ4n) is 1.98. The van der Waals surface area contributed by atoms with Crippen LogP contribution in [0.2, 0.25) is 0 Å². The van der Waals surface area contributed by atoms with E-state index >= 15 is 0 Å². The molecule has 8 heteroatoms. The molecule has 1 aromatic rings. The molecule has 0 fully saturated rings. The second-order valence-electron chi connectivity index (χ2n) is 4.96. The molecule has 7 nitrogen and oxygen atoms in total. The van der Waals surface area contributed by atoms with Crippen molar-refractivity contribution in [3.05, 3.63) is 32.8 Å². The summed E-state index contributed by atoms with van der Waals surface area (Å²) in [5, 5.41) is 13.5. The van der Waals surface area contributed by atoms with Crippen LogP contribution < -0.4 is 5.32 Å². The molecule has 0 radical (unpaired) electrons. The molecule has 0 saturated carbocycles. The van der Waals surface area contributed by atoms with Crippen molar-refractivity contribution in [3.63, 3.8) is 0 Å². The number of benzene rings is 1. The van der Waals surface area contributed by atoms with E-state index in [0.717, 1.165) is 19.3 Å². The number of carbonyl (C=O) groups is 2. The monoisotopic (exact) mass is 386 g/mol. The number of nitro benzene ring substituents is 1. The minimum atomic E-state index is -0.535. The van der Waals surface area contributed by atoms with Gasteiger partial charge in [-0.15, -0.1) is 0 Å². The van der Waals surface area contributed by atoms with Gasteiger partial charge in [0.05, 0.1) is 12.0 Å². The van der Waals surface area contributed by atoms with Crippen molar-refractivity contribution >= 4 is 39.2 Å². The van der Waals surface area contributed by atoms with Crippen LogP contribution >= 0.6 is 15.9 Å². The lowest BCUT2D eigenvalue weighted by Gasteiger charge is -2.06. The summed E-state index contributed by atoms with van der Waals surface area (Å²) in [6.45, 7) is 0. The van der Waals surface area contributed by atoms with E-state index in [0.29, 0.717) is 17.3 Å². The third-order valence-corrected chi connectivity index (χ3v) is 3.69. The zero-order valence-electron chi connectivity index (χ0n) is 12.8. The minimum absolute atomic E-state index is 0.147. The molecule has 0 heterocycles. The summed E-state index contributed by atoms with van der Waals surface area (Å²) >= 11 is 3.16. The smallest absolute Gasteiger partial charge is 0.305 e. The topological polar surface area (TPSA) is 98.5 Å². The van der Waals surface area contributed by atoms with E-state index in [4.69, 9.17) is 0 Å². The molecule has 0 saturated heterocycles. The summed E-state index contributed by atoms with van der Waals surface area (Å²) in [5.41, 5.74) is 0.0414. The van der Waals surface area contributed by atoms with Crippen LogP contribution in [0, 0.1) is 10.1 Å². The van der Waals surface area contributed by atoms with Crippen LogP contribution in [-0.4, -0.2) is 23.9 Å². The van der Waals surface area contributed by atoms with Gasteiger partial charge in [-0.3, -0.25) is 19.7 Å². The summed E-state index contributed by atoms with van der Waals surface area (Å²) < 4.78 is 5.12. The molecule has 1 rings (SSSR count). The summed E-state index contributed by atoms with van der Waals surface area (Å²) in [4.78, 5) is 33.2. The average molecular weight is 387 g/mol. The van der Waals surface area contributed by atoms with Crippen molar-refractivity contribution in [2.24, 2.45) is 0 Å². The first-order chi connectivity index (χ1) is 10.9. The highest BCUT2D eigenvalue weighted by Gasteiger charge is 2.16. The number of carbonyl (C=O) groups excluding carboxylic acids is 2. The number of amides is 1. The molecule has 0 aliphatic rings. The predicted molar refractivity (Wildman–Crippen MR) is 89.1 cm³/mol. The Bertz CT molecular complexity index is 577. The standard InChI is InChI=1S/C15H19BrN2O5/c1-23-15(20)7-5-3-2-4-6-14(19)17-12-9-8-11(16)10-13(12)18(21)22/h8-10H,2-7H2,1H3,(H,17,19). The molecule has 0 bridgehead atoms. The van der Waals surface area contributed by atoms with Gasteiger partial charge in [-0.1, -0.05) is 28.8 Å². The number of nitro groups is 1. The van der Waals surface area contributed by atoms with Gasteiger partial charge >= 0.3 is 5.97 Å². The number of methoxy groups -OCH3 is 1. The van der Waals surface area contributed by atoms with E-state index in [9.17, 15) is 19.7 Å². The molecule has 23 heavy (non-hydrogen) atoms. The first-order valence-electron chi connectivity index (χ1n) is 7.24. The van der Waals surface area contributed by atoms with Crippen LogP contribution in [0.25, 0.3) is 0 Å². The van der Waals surface area contributed by atoms with Gasteiger partial charge in [-0.2, -0.15) is 0 Å². The van der Waals surface area contributed by atoms with Crippen LogP contribution in [0.5, 0.6) is 0 Å².